The summed E-state index contributed by atoms with van der Waals surface area (Å²) in [6.45, 7) is -0.243. The second-order valence-corrected chi connectivity index (χ2v) is 5.37. The molecule has 0 fully saturated rings. The third-order valence-corrected chi connectivity index (χ3v) is 3.29. The van der Waals surface area contributed by atoms with E-state index in [1.54, 1.807) is 6.07 Å². The zero-order chi connectivity index (χ0) is 11.1. The van der Waals surface area contributed by atoms with Crippen molar-refractivity contribution in [1.82, 2.24) is 0 Å². The van der Waals surface area contributed by atoms with Gasteiger partial charge >= 0.3 is 0 Å². The highest BCUT2D eigenvalue weighted by Gasteiger charge is 2.12. The van der Waals surface area contributed by atoms with Crippen LogP contribution in [0.5, 0.6) is 0 Å². The van der Waals surface area contributed by atoms with Crippen LogP contribution in [0, 0.1) is 0 Å². The third kappa shape index (κ3) is 1.75. The van der Waals surface area contributed by atoms with Crippen LogP contribution in [0.15, 0.2) is 33.8 Å². The molecule has 0 unspecified atom stereocenters. The fraction of sp³-hybridized carbons (Fsp3) is 0.200. The highest BCUT2D eigenvalue weighted by atomic mass is 32.2. The molecule has 0 aliphatic carbocycles. The van der Waals surface area contributed by atoms with E-state index >= 15 is 0 Å². The maximum Gasteiger partial charge on any atom is 0.175 e. The summed E-state index contributed by atoms with van der Waals surface area (Å²) < 4.78 is 27.9. The van der Waals surface area contributed by atoms with Crippen molar-refractivity contribution in [2.24, 2.45) is 0 Å². The van der Waals surface area contributed by atoms with E-state index in [2.05, 4.69) is 0 Å². The maximum absolute atomic E-state index is 11.4. The minimum atomic E-state index is -3.26. The molecule has 15 heavy (non-hydrogen) atoms. The molecule has 1 heterocycles. The molecule has 0 bridgehead atoms. The van der Waals surface area contributed by atoms with Gasteiger partial charge in [0.15, 0.2) is 9.84 Å². The Morgan fingerprint density at radius 1 is 1.40 bits per heavy atom. The largest absolute Gasteiger partial charge is 0.464 e. The van der Waals surface area contributed by atoms with Gasteiger partial charge in [0.25, 0.3) is 0 Å². The first-order valence-electron chi connectivity index (χ1n) is 4.33. The van der Waals surface area contributed by atoms with Crippen LogP contribution in [0.25, 0.3) is 11.0 Å². The average Bonchev–Trinajstić information content (AvgIpc) is 2.62. The quantitative estimate of drug-likeness (QED) is 0.838. The van der Waals surface area contributed by atoms with Crippen LogP contribution in [0.4, 0.5) is 0 Å². The normalized spacial score (nSPS) is 12.1. The van der Waals surface area contributed by atoms with Crippen molar-refractivity contribution in [2.45, 2.75) is 11.5 Å². The molecular formula is C10H10O4S. The molecule has 80 valence electrons. The van der Waals surface area contributed by atoms with Crippen LogP contribution < -0.4 is 0 Å². The van der Waals surface area contributed by atoms with Crippen molar-refractivity contribution in [3.8, 4) is 0 Å². The average molecular weight is 226 g/mol. The summed E-state index contributed by atoms with van der Waals surface area (Å²) in [5, 5.41) is 9.77. The summed E-state index contributed by atoms with van der Waals surface area (Å²) in [7, 11) is -3.26. The molecule has 0 aliphatic rings. The number of fused-ring (bicyclic) bond motifs is 1. The smallest absolute Gasteiger partial charge is 0.175 e. The first kappa shape index (κ1) is 10.2. The first-order chi connectivity index (χ1) is 7.02. The zero-order valence-corrected chi connectivity index (χ0v) is 8.91. The lowest BCUT2D eigenvalue weighted by Gasteiger charge is -2.02. The van der Waals surface area contributed by atoms with Gasteiger partial charge in [-0.1, -0.05) is 0 Å². The zero-order valence-electron chi connectivity index (χ0n) is 8.10. The Hall–Kier alpha value is -1.33. The molecule has 1 aromatic heterocycles. The predicted octanol–water partition coefficient (Wildman–Crippen LogP) is 1.33. The molecule has 2 rings (SSSR count). The number of furan rings is 1. The summed E-state index contributed by atoms with van der Waals surface area (Å²) in [6.07, 6.45) is 2.60. The van der Waals surface area contributed by atoms with Crippen LogP contribution in [0.1, 0.15) is 5.56 Å². The molecule has 5 heteroatoms. The second kappa shape index (κ2) is 3.36. The van der Waals surface area contributed by atoms with Crippen LogP contribution in [0.2, 0.25) is 0 Å². The monoisotopic (exact) mass is 226 g/mol. The van der Waals surface area contributed by atoms with Crippen molar-refractivity contribution in [3.05, 3.63) is 30.0 Å². The van der Waals surface area contributed by atoms with Crippen molar-refractivity contribution in [3.63, 3.8) is 0 Å². The standard InChI is InChI=1S/C10H10O4S/c1-15(12,13)9-4-7-2-3-14-10(7)8(5-9)6-11/h2-5,11H,6H2,1H3. The van der Waals surface area contributed by atoms with Crippen molar-refractivity contribution < 1.29 is 17.9 Å². The van der Waals surface area contributed by atoms with E-state index in [-0.39, 0.29) is 11.5 Å². The summed E-state index contributed by atoms with van der Waals surface area (Å²) in [5.74, 6) is 0. The second-order valence-electron chi connectivity index (χ2n) is 3.35. The van der Waals surface area contributed by atoms with Crippen LogP contribution in [-0.4, -0.2) is 19.8 Å². The Kier molecular flexibility index (Phi) is 2.28. The van der Waals surface area contributed by atoms with Gasteiger partial charge < -0.3 is 9.52 Å². The molecule has 0 aliphatic heterocycles. The van der Waals surface area contributed by atoms with E-state index in [0.29, 0.717) is 16.5 Å². The van der Waals surface area contributed by atoms with E-state index in [0.717, 1.165) is 6.26 Å². The lowest BCUT2D eigenvalue weighted by atomic mass is 10.2. The van der Waals surface area contributed by atoms with Crippen molar-refractivity contribution >= 4 is 20.8 Å². The number of aliphatic hydroxyl groups excluding tert-OH is 1. The number of benzene rings is 1. The Balaban J connectivity index is 2.80. The molecule has 0 saturated carbocycles. The van der Waals surface area contributed by atoms with Gasteiger partial charge in [0.05, 0.1) is 17.8 Å². The SMILES string of the molecule is CS(=O)(=O)c1cc(CO)c2occc2c1. The topological polar surface area (TPSA) is 67.5 Å². The summed E-state index contributed by atoms with van der Waals surface area (Å²) in [4.78, 5) is 0.195. The highest BCUT2D eigenvalue weighted by Crippen LogP contribution is 2.24. The first-order valence-corrected chi connectivity index (χ1v) is 6.22. The summed E-state index contributed by atoms with van der Waals surface area (Å²) in [5.41, 5.74) is 1.02. The Bertz CT molecular complexity index is 595. The maximum atomic E-state index is 11.4. The van der Waals surface area contributed by atoms with Gasteiger partial charge in [-0.2, -0.15) is 0 Å². The Morgan fingerprint density at radius 3 is 2.73 bits per heavy atom. The number of aliphatic hydroxyl groups is 1. The number of rotatable bonds is 2. The van der Waals surface area contributed by atoms with Crippen LogP contribution >= 0.6 is 0 Å². The van der Waals surface area contributed by atoms with Crippen LogP contribution in [0.3, 0.4) is 0 Å². The molecule has 4 nitrogen and oxygen atoms in total. The number of sulfone groups is 1. The Morgan fingerprint density at radius 2 is 2.13 bits per heavy atom. The van der Waals surface area contributed by atoms with Gasteiger partial charge in [0.1, 0.15) is 5.58 Å². The Labute approximate surface area is 87.1 Å². The van der Waals surface area contributed by atoms with Gasteiger partial charge in [0.2, 0.25) is 0 Å². The van der Waals surface area contributed by atoms with Gasteiger partial charge in [-0.25, -0.2) is 8.42 Å². The molecule has 0 atom stereocenters. The number of hydrogen-bond donors (Lipinski definition) is 1. The molecule has 0 radical (unpaired) electrons. The summed E-state index contributed by atoms with van der Waals surface area (Å²) >= 11 is 0. The van der Waals surface area contributed by atoms with Crippen molar-refractivity contribution in [1.29, 1.82) is 0 Å². The number of hydrogen-bond acceptors (Lipinski definition) is 4. The van der Waals surface area contributed by atoms with E-state index in [1.807, 2.05) is 0 Å². The van der Waals surface area contributed by atoms with E-state index in [9.17, 15) is 8.42 Å². The van der Waals surface area contributed by atoms with Gasteiger partial charge in [-0.15, -0.1) is 0 Å². The predicted molar refractivity (Wildman–Crippen MR) is 55.2 cm³/mol. The molecule has 1 aromatic carbocycles. The molecular weight excluding hydrogens is 216 g/mol. The fourth-order valence-corrected chi connectivity index (χ4v) is 2.15. The van der Waals surface area contributed by atoms with E-state index in [1.165, 1.54) is 18.4 Å². The third-order valence-electron chi connectivity index (χ3n) is 2.20. The molecule has 0 spiro atoms. The van der Waals surface area contributed by atoms with Gasteiger partial charge in [-0.05, 0) is 18.2 Å². The van der Waals surface area contributed by atoms with Crippen LogP contribution in [-0.2, 0) is 16.4 Å². The van der Waals surface area contributed by atoms with E-state index < -0.39 is 9.84 Å². The summed E-state index contributed by atoms with van der Waals surface area (Å²) in [6, 6.07) is 4.64. The lowest BCUT2D eigenvalue weighted by molar-refractivity contribution is 0.281. The minimum Gasteiger partial charge on any atom is -0.464 e. The molecule has 0 amide bonds. The highest BCUT2D eigenvalue weighted by molar-refractivity contribution is 7.90. The van der Waals surface area contributed by atoms with E-state index in [4.69, 9.17) is 9.52 Å². The lowest BCUT2D eigenvalue weighted by Crippen LogP contribution is -1.98. The fourth-order valence-electron chi connectivity index (χ4n) is 1.46. The van der Waals surface area contributed by atoms with Gasteiger partial charge in [0, 0.05) is 17.2 Å². The molecule has 2 aromatic rings. The molecule has 0 saturated heterocycles. The minimum absolute atomic E-state index is 0.195. The van der Waals surface area contributed by atoms with Gasteiger partial charge in [-0.3, -0.25) is 0 Å². The molecule has 1 N–H and O–H groups in total. The van der Waals surface area contributed by atoms with Crippen molar-refractivity contribution in [2.75, 3.05) is 6.26 Å².